The lowest BCUT2D eigenvalue weighted by molar-refractivity contribution is -0.120. The standard InChI is InChI=1S/C22H27N3O2/c1-3-17-9-5-6-11-19(17)16-25(20-12-8-7-10-18(20)4-2)22(27)13-14-24-21(26)15-23/h3,5-12H,1,4,13-16,23H2,2H3,(H,24,26). The van der Waals surface area contributed by atoms with Crippen molar-refractivity contribution < 1.29 is 9.59 Å². The molecule has 27 heavy (non-hydrogen) atoms. The third-order valence-electron chi connectivity index (χ3n) is 4.41. The predicted molar refractivity (Wildman–Crippen MR) is 110 cm³/mol. The van der Waals surface area contributed by atoms with Crippen LogP contribution in [0.2, 0.25) is 0 Å². The molecule has 0 bridgehead atoms. The van der Waals surface area contributed by atoms with Crippen LogP contribution in [-0.2, 0) is 22.6 Å². The Labute approximate surface area is 160 Å². The lowest BCUT2D eigenvalue weighted by Gasteiger charge is -2.26. The maximum absolute atomic E-state index is 13.0. The van der Waals surface area contributed by atoms with Crippen molar-refractivity contribution in [3.8, 4) is 0 Å². The first kappa shape index (κ1) is 20.4. The molecule has 142 valence electrons. The van der Waals surface area contributed by atoms with E-state index in [1.54, 1.807) is 11.0 Å². The average molecular weight is 365 g/mol. The Balaban J connectivity index is 2.29. The van der Waals surface area contributed by atoms with Crippen LogP contribution < -0.4 is 16.0 Å². The third kappa shape index (κ3) is 5.53. The van der Waals surface area contributed by atoms with Crippen LogP contribution in [0.15, 0.2) is 55.1 Å². The number of aryl methyl sites for hydroxylation is 1. The fourth-order valence-electron chi connectivity index (χ4n) is 2.94. The summed E-state index contributed by atoms with van der Waals surface area (Å²) in [7, 11) is 0. The van der Waals surface area contributed by atoms with Crippen LogP contribution in [0.4, 0.5) is 5.69 Å². The molecule has 0 saturated heterocycles. The Hall–Kier alpha value is -2.92. The molecule has 0 aliphatic carbocycles. The number of carbonyl (C=O) groups is 2. The first-order valence-corrected chi connectivity index (χ1v) is 9.16. The number of nitrogens with one attached hydrogen (secondary N) is 1. The van der Waals surface area contributed by atoms with Gasteiger partial charge in [-0.15, -0.1) is 0 Å². The van der Waals surface area contributed by atoms with E-state index in [0.29, 0.717) is 6.54 Å². The molecule has 2 rings (SSSR count). The topological polar surface area (TPSA) is 75.4 Å². The number of carbonyl (C=O) groups excluding carboxylic acids is 2. The van der Waals surface area contributed by atoms with Gasteiger partial charge >= 0.3 is 0 Å². The van der Waals surface area contributed by atoms with Crippen molar-refractivity contribution in [3.63, 3.8) is 0 Å². The molecule has 2 aromatic carbocycles. The van der Waals surface area contributed by atoms with Crippen LogP contribution in [0.3, 0.4) is 0 Å². The van der Waals surface area contributed by atoms with Gasteiger partial charge in [-0.1, -0.05) is 62.0 Å². The zero-order valence-electron chi connectivity index (χ0n) is 15.8. The Morgan fingerprint density at radius 2 is 1.78 bits per heavy atom. The number of hydrogen-bond donors (Lipinski definition) is 2. The van der Waals surface area contributed by atoms with E-state index in [1.807, 2.05) is 48.5 Å². The molecular formula is C22H27N3O2. The maximum atomic E-state index is 13.0. The summed E-state index contributed by atoms with van der Waals surface area (Å²) in [5, 5.41) is 2.66. The number of nitrogens with zero attached hydrogens (tertiary/aromatic N) is 1. The average Bonchev–Trinajstić information content (AvgIpc) is 2.71. The van der Waals surface area contributed by atoms with Gasteiger partial charge in [0, 0.05) is 18.7 Å². The van der Waals surface area contributed by atoms with Crippen molar-refractivity contribution in [2.24, 2.45) is 5.73 Å². The second kappa shape index (κ2) is 10.3. The van der Waals surface area contributed by atoms with E-state index in [0.717, 1.165) is 28.8 Å². The number of nitrogens with two attached hydrogens (primary N) is 1. The number of rotatable bonds is 9. The van der Waals surface area contributed by atoms with E-state index >= 15 is 0 Å². The quantitative estimate of drug-likeness (QED) is 0.717. The number of para-hydroxylation sites is 1. The van der Waals surface area contributed by atoms with Crippen LogP contribution in [-0.4, -0.2) is 24.9 Å². The van der Waals surface area contributed by atoms with Gasteiger partial charge in [0.25, 0.3) is 0 Å². The van der Waals surface area contributed by atoms with Gasteiger partial charge in [-0.3, -0.25) is 9.59 Å². The van der Waals surface area contributed by atoms with Crippen molar-refractivity contribution in [1.82, 2.24) is 5.32 Å². The van der Waals surface area contributed by atoms with Crippen LogP contribution >= 0.6 is 0 Å². The van der Waals surface area contributed by atoms with Crippen LogP contribution in [0.25, 0.3) is 6.08 Å². The van der Waals surface area contributed by atoms with E-state index in [9.17, 15) is 9.59 Å². The lowest BCUT2D eigenvalue weighted by Crippen LogP contribution is -2.36. The summed E-state index contributed by atoms with van der Waals surface area (Å²) >= 11 is 0. The minimum atomic E-state index is -0.264. The molecule has 0 aliphatic heterocycles. The van der Waals surface area contributed by atoms with E-state index < -0.39 is 0 Å². The van der Waals surface area contributed by atoms with Gasteiger partial charge in [-0.2, -0.15) is 0 Å². The second-order valence-electron chi connectivity index (χ2n) is 6.17. The summed E-state index contributed by atoms with van der Waals surface area (Å²) in [4.78, 5) is 26.1. The minimum absolute atomic E-state index is 0.0490. The molecule has 5 nitrogen and oxygen atoms in total. The first-order chi connectivity index (χ1) is 13.1. The molecule has 2 amide bonds. The van der Waals surface area contributed by atoms with Crippen LogP contribution in [0.1, 0.15) is 30.0 Å². The van der Waals surface area contributed by atoms with E-state index in [4.69, 9.17) is 5.73 Å². The van der Waals surface area contributed by atoms with Gasteiger partial charge in [0.05, 0.1) is 13.1 Å². The summed E-state index contributed by atoms with van der Waals surface area (Å²) in [5.41, 5.74) is 9.32. The summed E-state index contributed by atoms with van der Waals surface area (Å²) in [5.74, 6) is -0.313. The molecule has 0 unspecified atom stereocenters. The highest BCUT2D eigenvalue weighted by Crippen LogP contribution is 2.25. The molecule has 0 aliphatic rings. The van der Waals surface area contributed by atoms with Crippen molar-refractivity contribution in [1.29, 1.82) is 0 Å². The smallest absolute Gasteiger partial charge is 0.233 e. The van der Waals surface area contributed by atoms with Gasteiger partial charge in [0.1, 0.15) is 0 Å². The van der Waals surface area contributed by atoms with Gasteiger partial charge in [0.2, 0.25) is 11.8 Å². The molecule has 0 spiro atoms. The van der Waals surface area contributed by atoms with Crippen molar-refractivity contribution in [3.05, 3.63) is 71.8 Å². The highest BCUT2D eigenvalue weighted by atomic mass is 16.2. The number of amides is 2. The zero-order chi connectivity index (χ0) is 19.6. The molecule has 3 N–H and O–H groups in total. The highest BCUT2D eigenvalue weighted by Gasteiger charge is 2.19. The molecular weight excluding hydrogens is 338 g/mol. The number of anilines is 1. The molecule has 5 heteroatoms. The lowest BCUT2D eigenvalue weighted by atomic mass is 10.0. The van der Waals surface area contributed by atoms with Gasteiger partial charge in [0.15, 0.2) is 0 Å². The molecule has 0 saturated carbocycles. The monoisotopic (exact) mass is 365 g/mol. The maximum Gasteiger partial charge on any atom is 0.233 e. The van der Waals surface area contributed by atoms with Gasteiger partial charge < -0.3 is 16.0 Å². The van der Waals surface area contributed by atoms with Crippen LogP contribution in [0.5, 0.6) is 0 Å². The third-order valence-corrected chi connectivity index (χ3v) is 4.41. The Kier molecular flexibility index (Phi) is 7.77. The number of hydrogen-bond acceptors (Lipinski definition) is 3. The van der Waals surface area contributed by atoms with Gasteiger partial charge in [-0.25, -0.2) is 0 Å². The molecule has 0 atom stereocenters. The van der Waals surface area contributed by atoms with Crippen molar-refractivity contribution in [2.45, 2.75) is 26.3 Å². The molecule has 2 aromatic rings. The summed E-state index contributed by atoms with van der Waals surface area (Å²) in [6.45, 7) is 6.57. The number of benzene rings is 2. The second-order valence-corrected chi connectivity index (χ2v) is 6.17. The van der Waals surface area contributed by atoms with Crippen molar-refractivity contribution >= 4 is 23.6 Å². The van der Waals surface area contributed by atoms with E-state index in [2.05, 4.69) is 18.8 Å². The normalized spacial score (nSPS) is 10.3. The fraction of sp³-hybridized carbons (Fsp3) is 0.273. The SMILES string of the molecule is C=Cc1ccccc1CN(C(=O)CCNC(=O)CN)c1ccccc1CC. The van der Waals surface area contributed by atoms with Gasteiger partial charge in [-0.05, 0) is 29.2 Å². The fourth-order valence-corrected chi connectivity index (χ4v) is 2.94. The zero-order valence-corrected chi connectivity index (χ0v) is 15.8. The largest absolute Gasteiger partial charge is 0.354 e. The predicted octanol–water partition coefficient (Wildman–Crippen LogP) is 2.89. The summed E-state index contributed by atoms with van der Waals surface area (Å²) in [6.07, 6.45) is 2.83. The first-order valence-electron chi connectivity index (χ1n) is 9.16. The molecule has 0 aromatic heterocycles. The molecule has 0 heterocycles. The van der Waals surface area contributed by atoms with E-state index in [-0.39, 0.29) is 31.3 Å². The van der Waals surface area contributed by atoms with Crippen LogP contribution in [0, 0.1) is 0 Å². The highest BCUT2D eigenvalue weighted by molar-refractivity contribution is 5.94. The molecule has 0 radical (unpaired) electrons. The summed E-state index contributed by atoms with van der Waals surface area (Å²) in [6, 6.07) is 15.8. The Morgan fingerprint density at radius 1 is 1.11 bits per heavy atom. The minimum Gasteiger partial charge on any atom is -0.354 e. The summed E-state index contributed by atoms with van der Waals surface area (Å²) < 4.78 is 0. The Bertz CT molecular complexity index is 802. The molecule has 0 fully saturated rings. The Morgan fingerprint density at radius 3 is 2.44 bits per heavy atom. The van der Waals surface area contributed by atoms with Crippen molar-refractivity contribution in [2.75, 3.05) is 18.0 Å². The van der Waals surface area contributed by atoms with E-state index in [1.165, 1.54) is 0 Å².